The van der Waals surface area contributed by atoms with E-state index in [0.717, 1.165) is 19.5 Å². The highest BCUT2D eigenvalue weighted by Gasteiger charge is 2.34. The van der Waals surface area contributed by atoms with Gasteiger partial charge in [0.05, 0.1) is 0 Å². The van der Waals surface area contributed by atoms with Gasteiger partial charge in [0.2, 0.25) is 0 Å². The second kappa shape index (κ2) is 5.99. The monoisotopic (exact) mass is 300 g/mol. The van der Waals surface area contributed by atoms with E-state index in [1.807, 2.05) is 4.90 Å². The Morgan fingerprint density at radius 1 is 1.27 bits per heavy atom. The summed E-state index contributed by atoms with van der Waals surface area (Å²) < 4.78 is 0. The summed E-state index contributed by atoms with van der Waals surface area (Å²) in [5.74, 6) is 1.05. The highest BCUT2D eigenvalue weighted by atomic mass is 16.2. The molecule has 2 aliphatic rings. The number of nitrogens with zero attached hydrogens (tertiary/aromatic N) is 3. The van der Waals surface area contributed by atoms with Crippen molar-refractivity contribution in [2.24, 2.45) is 5.92 Å². The minimum Gasteiger partial charge on any atom is -0.368 e. The van der Waals surface area contributed by atoms with Crippen molar-refractivity contribution in [3.8, 4) is 0 Å². The van der Waals surface area contributed by atoms with Crippen molar-refractivity contribution in [1.82, 2.24) is 19.8 Å². The van der Waals surface area contributed by atoms with Gasteiger partial charge in [0, 0.05) is 43.3 Å². The number of H-pyrrole nitrogens is 1. The molecule has 118 valence electrons. The Kier molecular flexibility index (Phi) is 4.05. The van der Waals surface area contributed by atoms with Crippen LogP contribution < -0.4 is 0 Å². The Bertz CT molecular complexity index is 578. The van der Waals surface area contributed by atoms with Gasteiger partial charge in [-0.25, -0.2) is 4.98 Å². The Balaban J connectivity index is 1.72. The standard InChI is InChI=1S/C17H24N4O/c1-12-4-6-15(7-5-12)20-10-13(2)21(14(3)11-20)17(22)16-18-8-9-19-16/h4,6-9,12-14H,5,10-11H2,1-3H3,(H,18,19). The number of rotatable bonds is 2. The topological polar surface area (TPSA) is 52.2 Å². The first-order chi connectivity index (χ1) is 10.6. The molecule has 3 unspecified atom stereocenters. The molecule has 1 amide bonds. The fourth-order valence-corrected chi connectivity index (χ4v) is 3.39. The second-order valence-corrected chi connectivity index (χ2v) is 6.45. The third-order valence-electron chi connectivity index (χ3n) is 4.51. The maximum absolute atomic E-state index is 12.6. The van der Waals surface area contributed by atoms with Gasteiger partial charge in [0.15, 0.2) is 5.82 Å². The fourth-order valence-electron chi connectivity index (χ4n) is 3.39. The summed E-state index contributed by atoms with van der Waals surface area (Å²) in [6, 6.07) is 0.324. The summed E-state index contributed by atoms with van der Waals surface area (Å²) >= 11 is 0. The lowest BCUT2D eigenvalue weighted by Gasteiger charge is -2.45. The van der Waals surface area contributed by atoms with Crippen molar-refractivity contribution in [3.63, 3.8) is 0 Å². The van der Waals surface area contributed by atoms with Crippen LogP contribution in [0.5, 0.6) is 0 Å². The van der Waals surface area contributed by atoms with Gasteiger partial charge in [-0.1, -0.05) is 19.1 Å². The molecule has 22 heavy (non-hydrogen) atoms. The fraction of sp³-hybridized carbons (Fsp3) is 0.529. The molecule has 0 spiro atoms. The number of allylic oxidation sites excluding steroid dienone is 3. The zero-order valence-electron chi connectivity index (χ0n) is 13.5. The van der Waals surface area contributed by atoms with Crippen LogP contribution in [0.15, 0.2) is 36.3 Å². The molecule has 1 fully saturated rings. The lowest BCUT2D eigenvalue weighted by molar-refractivity contribution is 0.0361. The number of imidazole rings is 1. The van der Waals surface area contributed by atoms with E-state index in [2.05, 4.69) is 53.9 Å². The molecule has 1 aromatic heterocycles. The van der Waals surface area contributed by atoms with Gasteiger partial charge in [-0.05, 0) is 32.3 Å². The molecule has 5 heteroatoms. The van der Waals surface area contributed by atoms with Crippen molar-refractivity contribution >= 4 is 5.91 Å². The number of carbonyl (C=O) groups is 1. The summed E-state index contributed by atoms with van der Waals surface area (Å²) in [6.45, 7) is 8.18. The van der Waals surface area contributed by atoms with Crippen molar-refractivity contribution in [3.05, 3.63) is 42.1 Å². The summed E-state index contributed by atoms with van der Waals surface area (Å²) in [5.41, 5.74) is 1.29. The van der Waals surface area contributed by atoms with E-state index in [0.29, 0.717) is 11.7 Å². The molecule has 1 aliphatic heterocycles. The number of carbonyl (C=O) groups excluding carboxylic acids is 1. The third kappa shape index (κ3) is 2.80. The zero-order chi connectivity index (χ0) is 15.7. The molecule has 3 rings (SSSR count). The molecule has 3 atom stereocenters. The molecule has 1 aliphatic carbocycles. The number of piperazine rings is 1. The smallest absolute Gasteiger partial charge is 0.290 e. The predicted molar refractivity (Wildman–Crippen MR) is 86.3 cm³/mol. The van der Waals surface area contributed by atoms with E-state index in [-0.39, 0.29) is 18.0 Å². The van der Waals surface area contributed by atoms with Crippen LogP contribution in [0.1, 0.15) is 37.8 Å². The lowest BCUT2D eigenvalue weighted by atomic mass is 9.99. The van der Waals surface area contributed by atoms with Crippen LogP contribution in [0.4, 0.5) is 0 Å². The molecule has 1 N–H and O–H groups in total. The quantitative estimate of drug-likeness (QED) is 0.912. The van der Waals surface area contributed by atoms with Crippen LogP contribution in [0, 0.1) is 5.92 Å². The van der Waals surface area contributed by atoms with Crippen molar-refractivity contribution in [2.75, 3.05) is 13.1 Å². The van der Waals surface area contributed by atoms with Crippen molar-refractivity contribution < 1.29 is 4.79 Å². The van der Waals surface area contributed by atoms with E-state index in [1.165, 1.54) is 5.70 Å². The summed E-state index contributed by atoms with van der Waals surface area (Å²) in [4.78, 5) is 23.9. The van der Waals surface area contributed by atoms with Gasteiger partial charge in [-0.2, -0.15) is 0 Å². The first-order valence-electron chi connectivity index (χ1n) is 8.01. The molecule has 1 saturated heterocycles. The first kappa shape index (κ1) is 14.9. The largest absolute Gasteiger partial charge is 0.368 e. The normalized spacial score (nSPS) is 28.7. The van der Waals surface area contributed by atoms with Crippen LogP contribution in [0.3, 0.4) is 0 Å². The second-order valence-electron chi connectivity index (χ2n) is 6.45. The van der Waals surface area contributed by atoms with Crippen LogP contribution in [0.2, 0.25) is 0 Å². The summed E-state index contributed by atoms with van der Waals surface area (Å²) in [6.07, 6.45) is 11.2. The minimum absolute atomic E-state index is 0.00793. The van der Waals surface area contributed by atoms with Gasteiger partial charge in [-0.3, -0.25) is 4.79 Å². The Labute approximate surface area is 131 Å². The highest BCUT2D eigenvalue weighted by Crippen LogP contribution is 2.25. The maximum Gasteiger partial charge on any atom is 0.290 e. The van der Waals surface area contributed by atoms with Gasteiger partial charge in [-0.15, -0.1) is 0 Å². The molecule has 0 bridgehead atoms. The Morgan fingerprint density at radius 2 is 2.00 bits per heavy atom. The average molecular weight is 300 g/mol. The minimum atomic E-state index is -0.00793. The molecule has 5 nitrogen and oxygen atoms in total. The summed E-state index contributed by atoms with van der Waals surface area (Å²) in [7, 11) is 0. The van der Waals surface area contributed by atoms with Crippen molar-refractivity contribution in [1.29, 1.82) is 0 Å². The third-order valence-corrected chi connectivity index (χ3v) is 4.51. The van der Waals surface area contributed by atoms with Crippen LogP contribution in [0.25, 0.3) is 0 Å². The molecule has 0 radical (unpaired) electrons. The number of aromatic nitrogens is 2. The van der Waals surface area contributed by atoms with E-state index in [4.69, 9.17) is 0 Å². The molecule has 1 aromatic rings. The first-order valence-corrected chi connectivity index (χ1v) is 8.01. The van der Waals surface area contributed by atoms with Gasteiger partial charge in [0.25, 0.3) is 5.91 Å². The van der Waals surface area contributed by atoms with Gasteiger partial charge >= 0.3 is 0 Å². The van der Waals surface area contributed by atoms with Crippen LogP contribution in [-0.2, 0) is 0 Å². The lowest BCUT2D eigenvalue weighted by Crippen LogP contribution is -2.58. The number of hydrogen-bond acceptors (Lipinski definition) is 3. The molecule has 2 heterocycles. The van der Waals surface area contributed by atoms with Crippen LogP contribution >= 0.6 is 0 Å². The molecular formula is C17H24N4O. The van der Waals surface area contributed by atoms with Gasteiger partial charge < -0.3 is 14.8 Å². The Morgan fingerprint density at radius 3 is 2.55 bits per heavy atom. The van der Waals surface area contributed by atoms with Crippen molar-refractivity contribution in [2.45, 2.75) is 39.3 Å². The number of amides is 1. The van der Waals surface area contributed by atoms with E-state index in [1.54, 1.807) is 12.4 Å². The highest BCUT2D eigenvalue weighted by molar-refractivity contribution is 5.91. The Hall–Kier alpha value is -2.04. The number of aromatic amines is 1. The number of hydrogen-bond donors (Lipinski definition) is 1. The molecule has 0 aromatic carbocycles. The SMILES string of the molecule is CC1C=CC(N2CC(C)N(C(=O)c3ncc[nH]3)C(C)C2)=CC1. The maximum atomic E-state index is 12.6. The predicted octanol–water partition coefficient (Wildman–Crippen LogP) is 2.42. The molecule has 0 saturated carbocycles. The van der Waals surface area contributed by atoms with E-state index < -0.39 is 0 Å². The zero-order valence-corrected chi connectivity index (χ0v) is 13.5. The van der Waals surface area contributed by atoms with Crippen LogP contribution in [-0.4, -0.2) is 50.8 Å². The van der Waals surface area contributed by atoms with Gasteiger partial charge in [0.1, 0.15) is 0 Å². The van der Waals surface area contributed by atoms with E-state index in [9.17, 15) is 4.79 Å². The van der Waals surface area contributed by atoms with E-state index >= 15 is 0 Å². The summed E-state index contributed by atoms with van der Waals surface area (Å²) in [5, 5.41) is 0. The molecular weight excluding hydrogens is 276 g/mol. The average Bonchev–Trinajstić information content (AvgIpc) is 3.01. The number of nitrogens with one attached hydrogen (secondary N) is 1.